The zero-order valence-corrected chi connectivity index (χ0v) is 10.6. The van der Waals surface area contributed by atoms with Crippen molar-refractivity contribution < 1.29 is 19.0 Å². The van der Waals surface area contributed by atoms with Crippen molar-refractivity contribution in [3.05, 3.63) is 24.8 Å². The number of rotatable bonds is 5. The van der Waals surface area contributed by atoms with Gasteiger partial charge in [-0.1, -0.05) is 18.2 Å². The predicted octanol–water partition coefficient (Wildman–Crippen LogP) is 2.20. The number of esters is 1. The zero-order chi connectivity index (χ0) is 12.9. The summed E-state index contributed by atoms with van der Waals surface area (Å²) in [5, 5.41) is 0. The molecule has 1 rings (SSSR count). The van der Waals surface area contributed by atoms with Crippen LogP contribution in [-0.2, 0) is 19.0 Å². The van der Waals surface area contributed by atoms with Crippen LogP contribution in [0.4, 0.5) is 0 Å². The molecule has 1 saturated heterocycles. The molecule has 0 saturated carbocycles. The SMILES string of the molecule is C=C[C@H]1OC(C)(C)O[C@@H]1/C=C/CCC(=O)OC. The van der Waals surface area contributed by atoms with E-state index in [0.717, 1.165) is 0 Å². The molecular weight excluding hydrogens is 220 g/mol. The quantitative estimate of drug-likeness (QED) is 0.546. The molecule has 17 heavy (non-hydrogen) atoms. The minimum Gasteiger partial charge on any atom is -0.469 e. The molecule has 0 aromatic rings. The van der Waals surface area contributed by atoms with Crippen molar-refractivity contribution in [2.24, 2.45) is 0 Å². The Kier molecular flexibility index (Phi) is 4.90. The first-order valence-corrected chi connectivity index (χ1v) is 5.70. The van der Waals surface area contributed by atoms with Gasteiger partial charge in [0.1, 0.15) is 12.2 Å². The summed E-state index contributed by atoms with van der Waals surface area (Å²) in [6, 6.07) is 0. The standard InChI is InChI=1S/C13H20O4/c1-5-10-11(17-13(2,3)16-10)8-6-7-9-12(14)15-4/h5-6,8,10-11H,1,7,9H2,2-4H3/b8-6+/t10-,11-/m1/s1. The smallest absolute Gasteiger partial charge is 0.305 e. The Morgan fingerprint density at radius 1 is 1.41 bits per heavy atom. The zero-order valence-electron chi connectivity index (χ0n) is 10.6. The van der Waals surface area contributed by atoms with Gasteiger partial charge in [0.05, 0.1) is 7.11 Å². The van der Waals surface area contributed by atoms with E-state index in [1.165, 1.54) is 7.11 Å². The molecule has 0 aromatic heterocycles. The summed E-state index contributed by atoms with van der Waals surface area (Å²) in [6.45, 7) is 7.45. The molecule has 0 aromatic carbocycles. The average molecular weight is 240 g/mol. The van der Waals surface area contributed by atoms with E-state index in [4.69, 9.17) is 9.47 Å². The maximum absolute atomic E-state index is 10.9. The van der Waals surface area contributed by atoms with Crippen molar-refractivity contribution in [2.45, 2.75) is 44.7 Å². The van der Waals surface area contributed by atoms with Gasteiger partial charge in [-0.15, -0.1) is 6.58 Å². The topological polar surface area (TPSA) is 44.8 Å². The van der Waals surface area contributed by atoms with Gasteiger partial charge < -0.3 is 14.2 Å². The van der Waals surface area contributed by atoms with Crippen LogP contribution in [0, 0.1) is 0 Å². The summed E-state index contributed by atoms with van der Waals surface area (Å²) >= 11 is 0. The molecule has 2 atom stereocenters. The van der Waals surface area contributed by atoms with E-state index in [-0.39, 0.29) is 18.2 Å². The monoisotopic (exact) mass is 240 g/mol. The fraction of sp³-hybridized carbons (Fsp3) is 0.615. The maximum Gasteiger partial charge on any atom is 0.305 e. The summed E-state index contributed by atoms with van der Waals surface area (Å²) in [5.41, 5.74) is 0. The van der Waals surface area contributed by atoms with Crippen LogP contribution in [0.2, 0.25) is 0 Å². The molecule has 0 unspecified atom stereocenters. The van der Waals surface area contributed by atoms with Crippen LogP contribution >= 0.6 is 0 Å². The highest BCUT2D eigenvalue weighted by molar-refractivity contribution is 5.69. The number of carbonyl (C=O) groups excluding carboxylic acids is 1. The third-order valence-corrected chi connectivity index (χ3v) is 2.46. The fourth-order valence-corrected chi connectivity index (χ4v) is 1.68. The second kappa shape index (κ2) is 5.98. The van der Waals surface area contributed by atoms with Crippen LogP contribution in [-0.4, -0.2) is 31.1 Å². The Balaban J connectivity index is 2.42. The van der Waals surface area contributed by atoms with E-state index in [2.05, 4.69) is 11.3 Å². The van der Waals surface area contributed by atoms with Gasteiger partial charge in [-0.2, -0.15) is 0 Å². The summed E-state index contributed by atoms with van der Waals surface area (Å²) < 4.78 is 15.9. The maximum atomic E-state index is 10.9. The molecule has 96 valence electrons. The Morgan fingerprint density at radius 3 is 2.65 bits per heavy atom. The summed E-state index contributed by atoms with van der Waals surface area (Å²) in [4.78, 5) is 10.9. The highest BCUT2D eigenvalue weighted by Gasteiger charge is 2.37. The lowest BCUT2D eigenvalue weighted by atomic mass is 10.1. The van der Waals surface area contributed by atoms with E-state index in [0.29, 0.717) is 12.8 Å². The molecule has 0 amide bonds. The van der Waals surface area contributed by atoms with Gasteiger partial charge in [0.2, 0.25) is 0 Å². The molecule has 1 aliphatic heterocycles. The van der Waals surface area contributed by atoms with Crippen molar-refractivity contribution >= 4 is 5.97 Å². The third kappa shape index (κ3) is 4.32. The molecule has 0 spiro atoms. The Bertz CT molecular complexity index is 307. The summed E-state index contributed by atoms with van der Waals surface area (Å²) in [5.74, 6) is -0.796. The molecule has 1 heterocycles. The fourth-order valence-electron chi connectivity index (χ4n) is 1.68. The van der Waals surface area contributed by atoms with Crippen LogP contribution in [0.3, 0.4) is 0 Å². The van der Waals surface area contributed by atoms with Crippen molar-refractivity contribution in [2.75, 3.05) is 7.11 Å². The van der Waals surface area contributed by atoms with Crippen LogP contribution in [0.25, 0.3) is 0 Å². The van der Waals surface area contributed by atoms with Gasteiger partial charge in [-0.25, -0.2) is 0 Å². The molecule has 0 bridgehead atoms. The van der Waals surface area contributed by atoms with Gasteiger partial charge in [0.15, 0.2) is 5.79 Å². The number of carbonyl (C=O) groups is 1. The molecule has 4 heteroatoms. The highest BCUT2D eigenvalue weighted by atomic mass is 16.7. The van der Waals surface area contributed by atoms with Gasteiger partial charge in [-0.3, -0.25) is 4.79 Å². The lowest BCUT2D eigenvalue weighted by molar-refractivity contribution is -0.141. The molecule has 1 fully saturated rings. The Hall–Kier alpha value is -1.13. The summed E-state index contributed by atoms with van der Waals surface area (Å²) in [6.07, 6.45) is 6.27. The molecule has 1 aliphatic rings. The van der Waals surface area contributed by atoms with Crippen molar-refractivity contribution in [3.8, 4) is 0 Å². The lowest BCUT2D eigenvalue weighted by Crippen LogP contribution is -2.20. The van der Waals surface area contributed by atoms with E-state index in [1.807, 2.05) is 26.0 Å². The van der Waals surface area contributed by atoms with E-state index in [1.54, 1.807) is 6.08 Å². The largest absolute Gasteiger partial charge is 0.469 e. The van der Waals surface area contributed by atoms with Gasteiger partial charge >= 0.3 is 5.97 Å². The van der Waals surface area contributed by atoms with Crippen molar-refractivity contribution in [1.29, 1.82) is 0 Å². The number of methoxy groups -OCH3 is 1. The second-order valence-electron chi connectivity index (χ2n) is 4.34. The van der Waals surface area contributed by atoms with Crippen LogP contribution in [0.5, 0.6) is 0 Å². The highest BCUT2D eigenvalue weighted by Crippen LogP contribution is 2.29. The third-order valence-electron chi connectivity index (χ3n) is 2.46. The first-order valence-electron chi connectivity index (χ1n) is 5.70. The average Bonchev–Trinajstić information content (AvgIpc) is 2.59. The number of hydrogen-bond acceptors (Lipinski definition) is 4. The predicted molar refractivity (Wildman–Crippen MR) is 64.4 cm³/mol. The van der Waals surface area contributed by atoms with Gasteiger partial charge in [0, 0.05) is 6.42 Å². The summed E-state index contributed by atoms with van der Waals surface area (Å²) in [7, 11) is 1.39. The van der Waals surface area contributed by atoms with E-state index in [9.17, 15) is 4.79 Å². The first-order chi connectivity index (χ1) is 7.98. The normalized spacial score (nSPS) is 27.2. The van der Waals surface area contributed by atoms with Crippen molar-refractivity contribution in [3.63, 3.8) is 0 Å². The number of allylic oxidation sites excluding steroid dienone is 1. The van der Waals surface area contributed by atoms with Crippen LogP contribution < -0.4 is 0 Å². The Morgan fingerprint density at radius 2 is 2.06 bits per heavy atom. The van der Waals surface area contributed by atoms with E-state index < -0.39 is 5.79 Å². The number of hydrogen-bond donors (Lipinski definition) is 0. The molecule has 0 radical (unpaired) electrons. The minimum atomic E-state index is -0.587. The number of ether oxygens (including phenoxy) is 3. The lowest BCUT2D eigenvalue weighted by Gasteiger charge is -2.15. The second-order valence-corrected chi connectivity index (χ2v) is 4.34. The van der Waals surface area contributed by atoms with Gasteiger partial charge in [-0.05, 0) is 20.3 Å². The first kappa shape index (κ1) is 13.9. The van der Waals surface area contributed by atoms with Gasteiger partial charge in [0.25, 0.3) is 0 Å². The Labute approximate surface area is 102 Å². The van der Waals surface area contributed by atoms with Crippen molar-refractivity contribution in [1.82, 2.24) is 0 Å². The van der Waals surface area contributed by atoms with E-state index >= 15 is 0 Å². The molecule has 4 nitrogen and oxygen atoms in total. The minimum absolute atomic E-state index is 0.139. The molecule has 0 N–H and O–H groups in total. The van der Waals surface area contributed by atoms with Crippen LogP contribution in [0.15, 0.2) is 24.8 Å². The molecular formula is C13H20O4. The van der Waals surface area contributed by atoms with Crippen LogP contribution in [0.1, 0.15) is 26.7 Å². The molecule has 0 aliphatic carbocycles.